The number of hydrogen-bond donors (Lipinski definition) is 1. The smallest absolute Gasteiger partial charge is 0.147 e. The summed E-state index contributed by atoms with van der Waals surface area (Å²) in [6.45, 7) is 6.83. The van der Waals surface area contributed by atoms with Crippen molar-refractivity contribution in [2.75, 3.05) is 0 Å². The van der Waals surface area contributed by atoms with Gasteiger partial charge in [-0.2, -0.15) is 0 Å². The first-order valence-corrected chi connectivity index (χ1v) is 19.2. The van der Waals surface area contributed by atoms with E-state index < -0.39 is 0 Å². The maximum absolute atomic E-state index is 5.67. The number of fused-ring (bicyclic) bond motifs is 4. The zero-order chi connectivity index (χ0) is 37.8. The lowest BCUT2D eigenvalue weighted by molar-refractivity contribution is 0.590. The van der Waals surface area contributed by atoms with E-state index in [1.165, 1.54) is 21.9 Å². The summed E-state index contributed by atoms with van der Waals surface area (Å²) in [5.41, 5.74) is 16.3. The standard InChI is InChI=1S/C52H40N4/c1-52(2,3)39-31-37(30-38(32-39)46-33-36(28-29-53-46)34-16-6-4-7-17-34)41-22-15-27-48-50(41)55-51(44-24-14-23-43-42-21-10-12-25-45(42)54-49(43)44)56(48)47-26-13-11-20-40(47)35-18-8-5-9-19-35/h4-33,54H,1-3H3. The summed E-state index contributed by atoms with van der Waals surface area (Å²) in [5.74, 6) is 0.886. The van der Waals surface area contributed by atoms with Gasteiger partial charge in [0.2, 0.25) is 0 Å². The fourth-order valence-corrected chi connectivity index (χ4v) is 8.11. The molecule has 0 aliphatic heterocycles. The van der Waals surface area contributed by atoms with E-state index in [0.717, 1.165) is 78.2 Å². The molecule has 10 aromatic rings. The second-order valence-corrected chi connectivity index (χ2v) is 15.6. The van der Waals surface area contributed by atoms with E-state index >= 15 is 0 Å². The number of rotatable bonds is 6. The van der Waals surface area contributed by atoms with Crippen LogP contribution < -0.4 is 0 Å². The van der Waals surface area contributed by atoms with Crippen molar-refractivity contribution in [1.29, 1.82) is 0 Å². The van der Waals surface area contributed by atoms with Crippen LogP contribution in [-0.2, 0) is 5.41 Å². The molecule has 0 amide bonds. The van der Waals surface area contributed by atoms with Crippen molar-refractivity contribution in [3.8, 4) is 61.7 Å². The van der Waals surface area contributed by atoms with Gasteiger partial charge in [-0.25, -0.2) is 4.98 Å². The molecule has 0 saturated heterocycles. The number of H-pyrrole nitrogens is 1. The van der Waals surface area contributed by atoms with Crippen molar-refractivity contribution in [2.45, 2.75) is 26.2 Å². The number of pyridine rings is 1. The van der Waals surface area contributed by atoms with Gasteiger partial charge in [-0.15, -0.1) is 0 Å². The number of nitrogens with zero attached hydrogens (tertiary/aromatic N) is 3. The van der Waals surface area contributed by atoms with Crippen molar-refractivity contribution < 1.29 is 0 Å². The van der Waals surface area contributed by atoms with Crippen LogP contribution in [0, 0.1) is 0 Å². The molecule has 0 spiro atoms. The predicted octanol–water partition coefficient (Wildman–Crippen LogP) is 13.7. The van der Waals surface area contributed by atoms with Crippen molar-refractivity contribution in [3.05, 3.63) is 188 Å². The van der Waals surface area contributed by atoms with Crippen LogP contribution in [0.3, 0.4) is 0 Å². The fraction of sp³-hybridized carbons (Fsp3) is 0.0769. The average molecular weight is 721 g/mol. The molecule has 3 aromatic heterocycles. The summed E-state index contributed by atoms with van der Waals surface area (Å²) in [7, 11) is 0. The molecular weight excluding hydrogens is 681 g/mol. The summed E-state index contributed by atoms with van der Waals surface area (Å²) in [6.07, 6.45) is 1.92. The molecule has 10 rings (SSSR count). The Hall–Kier alpha value is -7.04. The molecule has 56 heavy (non-hydrogen) atoms. The number of hydrogen-bond acceptors (Lipinski definition) is 2. The number of imidazole rings is 1. The minimum Gasteiger partial charge on any atom is -0.354 e. The van der Waals surface area contributed by atoms with Crippen molar-refractivity contribution in [3.63, 3.8) is 0 Å². The maximum atomic E-state index is 5.67. The van der Waals surface area contributed by atoms with E-state index in [4.69, 9.17) is 9.97 Å². The van der Waals surface area contributed by atoms with E-state index in [-0.39, 0.29) is 5.41 Å². The molecule has 7 aromatic carbocycles. The summed E-state index contributed by atoms with van der Waals surface area (Å²) in [4.78, 5) is 14.3. The third-order valence-corrected chi connectivity index (χ3v) is 11.0. The fourth-order valence-electron chi connectivity index (χ4n) is 8.11. The third-order valence-electron chi connectivity index (χ3n) is 11.0. The molecule has 0 aliphatic carbocycles. The van der Waals surface area contributed by atoms with Crippen LogP contribution in [0.5, 0.6) is 0 Å². The van der Waals surface area contributed by atoms with Crippen molar-refractivity contribution in [2.24, 2.45) is 0 Å². The molecule has 0 radical (unpaired) electrons. The van der Waals surface area contributed by atoms with Gasteiger partial charge in [0.15, 0.2) is 0 Å². The Balaban J connectivity index is 1.25. The van der Waals surface area contributed by atoms with Gasteiger partial charge in [0.1, 0.15) is 5.82 Å². The second kappa shape index (κ2) is 13.4. The lowest BCUT2D eigenvalue weighted by atomic mass is 9.83. The number of nitrogens with one attached hydrogen (secondary N) is 1. The number of aromatic amines is 1. The zero-order valence-electron chi connectivity index (χ0n) is 31.7. The van der Waals surface area contributed by atoms with Crippen LogP contribution in [-0.4, -0.2) is 19.5 Å². The minimum absolute atomic E-state index is 0.0971. The van der Waals surface area contributed by atoms with Gasteiger partial charge in [-0.1, -0.05) is 148 Å². The molecule has 0 bridgehead atoms. The first-order chi connectivity index (χ1) is 27.4. The predicted molar refractivity (Wildman–Crippen MR) is 234 cm³/mol. The first-order valence-electron chi connectivity index (χ1n) is 19.2. The largest absolute Gasteiger partial charge is 0.354 e. The van der Waals surface area contributed by atoms with Gasteiger partial charge < -0.3 is 4.98 Å². The van der Waals surface area contributed by atoms with E-state index in [1.807, 2.05) is 6.20 Å². The maximum Gasteiger partial charge on any atom is 0.147 e. The average Bonchev–Trinajstić information content (AvgIpc) is 3.83. The van der Waals surface area contributed by atoms with E-state index in [2.05, 4.69) is 206 Å². The second-order valence-electron chi connectivity index (χ2n) is 15.6. The molecule has 0 aliphatic rings. The molecule has 0 unspecified atom stereocenters. The van der Waals surface area contributed by atoms with Crippen LogP contribution in [0.2, 0.25) is 0 Å². The summed E-state index contributed by atoms with van der Waals surface area (Å²) in [5, 5.41) is 2.38. The highest BCUT2D eigenvalue weighted by molar-refractivity contribution is 6.12. The van der Waals surface area contributed by atoms with Gasteiger partial charge in [0.25, 0.3) is 0 Å². The summed E-state index contributed by atoms with van der Waals surface area (Å²) >= 11 is 0. The molecule has 0 saturated carbocycles. The van der Waals surface area contributed by atoms with Gasteiger partial charge in [0, 0.05) is 44.7 Å². The van der Waals surface area contributed by atoms with Crippen LogP contribution >= 0.6 is 0 Å². The van der Waals surface area contributed by atoms with Crippen LogP contribution in [0.1, 0.15) is 26.3 Å². The van der Waals surface area contributed by atoms with Crippen molar-refractivity contribution in [1.82, 2.24) is 19.5 Å². The Morgan fingerprint density at radius 3 is 1.98 bits per heavy atom. The molecule has 268 valence electrons. The van der Waals surface area contributed by atoms with Gasteiger partial charge in [-0.05, 0) is 81.8 Å². The summed E-state index contributed by atoms with van der Waals surface area (Å²) in [6, 6.07) is 62.7. The van der Waals surface area contributed by atoms with Crippen LogP contribution in [0.4, 0.5) is 0 Å². The Morgan fingerprint density at radius 2 is 1.16 bits per heavy atom. The van der Waals surface area contributed by atoms with Crippen LogP contribution in [0.15, 0.2) is 182 Å². The molecule has 0 atom stereocenters. The highest BCUT2D eigenvalue weighted by Gasteiger charge is 2.24. The quantitative estimate of drug-likeness (QED) is 0.186. The highest BCUT2D eigenvalue weighted by atomic mass is 15.1. The lowest BCUT2D eigenvalue weighted by Crippen LogP contribution is -2.11. The zero-order valence-corrected chi connectivity index (χ0v) is 31.7. The number of benzene rings is 7. The molecule has 1 N–H and O–H groups in total. The topological polar surface area (TPSA) is 46.5 Å². The lowest BCUT2D eigenvalue weighted by Gasteiger charge is -2.22. The molecule has 0 fully saturated rings. The van der Waals surface area contributed by atoms with Gasteiger partial charge >= 0.3 is 0 Å². The Morgan fingerprint density at radius 1 is 0.500 bits per heavy atom. The van der Waals surface area contributed by atoms with Gasteiger partial charge in [0.05, 0.1) is 27.9 Å². The Kier molecular flexibility index (Phi) is 8.00. The third kappa shape index (κ3) is 5.78. The SMILES string of the molecule is CC(C)(C)c1cc(-c2cc(-c3ccccc3)ccn2)cc(-c2cccc3c2nc(-c2cccc4c2[nH]c2ccccc24)n3-c2ccccc2-c2ccccc2)c1. The monoisotopic (exact) mass is 720 g/mol. The van der Waals surface area contributed by atoms with Crippen molar-refractivity contribution >= 4 is 32.8 Å². The molecule has 3 heterocycles. The normalized spacial score (nSPS) is 11.8. The van der Waals surface area contributed by atoms with Gasteiger partial charge in [-0.3, -0.25) is 9.55 Å². The van der Waals surface area contributed by atoms with E-state index in [1.54, 1.807) is 0 Å². The Labute approximate surface area is 326 Å². The summed E-state index contributed by atoms with van der Waals surface area (Å²) < 4.78 is 2.36. The molecule has 4 heteroatoms. The molecular formula is C52H40N4. The number of aromatic nitrogens is 4. The van der Waals surface area contributed by atoms with E-state index in [0.29, 0.717) is 0 Å². The number of para-hydroxylation sites is 4. The first kappa shape index (κ1) is 33.5. The van der Waals surface area contributed by atoms with E-state index in [9.17, 15) is 0 Å². The molecule has 4 nitrogen and oxygen atoms in total. The minimum atomic E-state index is -0.0971. The highest BCUT2D eigenvalue weighted by Crippen LogP contribution is 2.42. The van der Waals surface area contributed by atoms with Crippen LogP contribution in [0.25, 0.3) is 94.6 Å². The Bertz CT molecular complexity index is 3050.